The molecule has 1 saturated heterocycles. The molecule has 1 heterocycles. The zero-order chi connectivity index (χ0) is 16.4. The van der Waals surface area contributed by atoms with Crippen LogP contribution in [0.25, 0.3) is 0 Å². The summed E-state index contributed by atoms with van der Waals surface area (Å²) in [7, 11) is 2.49. The summed E-state index contributed by atoms with van der Waals surface area (Å²) in [6.07, 6.45) is -1.05. The lowest BCUT2D eigenvalue weighted by molar-refractivity contribution is -0.187. The first-order valence-corrected chi connectivity index (χ1v) is 6.93. The van der Waals surface area contributed by atoms with Crippen LogP contribution in [0.4, 0.5) is 0 Å². The Balaban J connectivity index is 2.46. The van der Waals surface area contributed by atoms with Crippen molar-refractivity contribution in [1.82, 2.24) is 0 Å². The number of carbonyl (C=O) groups excluding carboxylic acids is 2. The summed E-state index contributed by atoms with van der Waals surface area (Å²) in [5.74, 6) is -2.45. The van der Waals surface area contributed by atoms with Crippen LogP contribution in [0.3, 0.4) is 0 Å². The molecular weight excluding hydrogens is 288 g/mol. The second-order valence-electron chi connectivity index (χ2n) is 5.57. The van der Waals surface area contributed by atoms with Gasteiger partial charge in [-0.05, 0) is 19.4 Å². The SMILES string of the molecule is COC(=O)C1OC(C)(C)OC1(Cc1ccccc1)C(=O)OC. The molecule has 6 nitrogen and oxygen atoms in total. The Labute approximate surface area is 129 Å². The van der Waals surface area contributed by atoms with Crippen LogP contribution in [0.1, 0.15) is 19.4 Å². The Hall–Kier alpha value is -1.92. The molecule has 6 heteroatoms. The highest BCUT2D eigenvalue weighted by Crippen LogP contribution is 2.40. The molecule has 2 atom stereocenters. The van der Waals surface area contributed by atoms with Crippen LogP contribution in [0, 0.1) is 0 Å². The normalized spacial score (nSPS) is 26.5. The third-order valence-corrected chi connectivity index (χ3v) is 3.51. The maximum absolute atomic E-state index is 12.4. The fourth-order valence-electron chi connectivity index (χ4n) is 2.66. The number of hydrogen-bond acceptors (Lipinski definition) is 6. The zero-order valence-corrected chi connectivity index (χ0v) is 13.1. The molecule has 120 valence electrons. The number of rotatable bonds is 4. The molecular formula is C16H20O6. The van der Waals surface area contributed by atoms with E-state index in [9.17, 15) is 9.59 Å². The largest absolute Gasteiger partial charge is 0.467 e. The lowest BCUT2D eigenvalue weighted by Crippen LogP contribution is -2.54. The summed E-state index contributed by atoms with van der Waals surface area (Å²) < 4.78 is 21.1. The summed E-state index contributed by atoms with van der Waals surface area (Å²) in [5.41, 5.74) is -0.754. The van der Waals surface area contributed by atoms with Gasteiger partial charge in [-0.25, -0.2) is 9.59 Å². The Morgan fingerprint density at radius 2 is 1.77 bits per heavy atom. The molecule has 22 heavy (non-hydrogen) atoms. The summed E-state index contributed by atoms with van der Waals surface area (Å²) in [4.78, 5) is 24.5. The maximum Gasteiger partial charge on any atom is 0.342 e. The van der Waals surface area contributed by atoms with E-state index in [4.69, 9.17) is 18.9 Å². The van der Waals surface area contributed by atoms with Gasteiger partial charge in [0.1, 0.15) is 0 Å². The monoisotopic (exact) mass is 308 g/mol. The van der Waals surface area contributed by atoms with E-state index < -0.39 is 29.4 Å². The number of esters is 2. The third kappa shape index (κ3) is 2.98. The average molecular weight is 308 g/mol. The Morgan fingerprint density at radius 1 is 1.14 bits per heavy atom. The van der Waals surface area contributed by atoms with Crippen LogP contribution in [-0.2, 0) is 35.0 Å². The topological polar surface area (TPSA) is 71.1 Å². The van der Waals surface area contributed by atoms with E-state index in [1.807, 2.05) is 30.3 Å². The molecule has 2 rings (SSSR count). The van der Waals surface area contributed by atoms with E-state index in [-0.39, 0.29) is 6.42 Å². The highest BCUT2D eigenvalue weighted by Gasteiger charge is 2.62. The molecule has 1 aliphatic heterocycles. The van der Waals surface area contributed by atoms with Crippen molar-refractivity contribution in [3.63, 3.8) is 0 Å². The molecule has 0 saturated carbocycles. The Morgan fingerprint density at radius 3 is 2.32 bits per heavy atom. The molecule has 0 N–H and O–H groups in total. The van der Waals surface area contributed by atoms with Gasteiger partial charge in [0, 0.05) is 6.42 Å². The van der Waals surface area contributed by atoms with Crippen molar-refractivity contribution >= 4 is 11.9 Å². The van der Waals surface area contributed by atoms with Crippen LogP contribution in [-0.4, -0.2) is 43.7 Å². The highest BCUT2D eigenvalue weighted by molar-refractivity contribution is 5.90. The predicted octanol–water partition coefficient (Wildman–Crippen LogP) is 1.47. The number of carbonyl (C=O) groups is 2. The van der Waals surface area contributed by atoms with Crippen molar-refractivity contribution in [3.05, 3.63) is 35.9 Å². The van der Waals surface area contributed by atoms with Gasteiger partial charge in [0.05, 0.1) is 14.2 Å². The summed E-state index contributed by atoms with van der Waals surface area (Å²) in [5, 5.41) is 0. The quantitative estimate of drug-likeness (QED) is 0.784. The zero-order valence-electron chi connectivity index (χ0n) is 13.1. The van der Waals surface area contributed by atoms with Gasteiger partial charge in [-0.2, -0.15) is 0 Å². The van der Waals surface area contributed by atoms with Crippen molar-refractivity contribution in [3.8, 4) is 0 Å². The minimum Gasteiger partial charge on any atom is -0.467 e. The molecule has 0 bridgehead atoms. The van der Waals surface area contributed by atoms with E-state index in [0.29, 0.717) is 0 Å². The molecule has 0 spiro atoms. The van der Waals surface area contributed by atoms with Gasteiger partial charge in [0.25, 0.3) is 0 Å². The van der Waals surface area contributed by atoms with Crippen molar-refractivity contribution in [2.75, 3.05) is 14.2 Å². The van der Waals surface area contributed by atoms with Crippen molar-refractivity contribution in [2.45, 2.75) is 37.8 Å². The van der Waals surface area contributed by atoms with E-state index in [1.54, 1.807) is 13.8 Å². The van der Waals surface area contributed by atoms with Gasteiger partial charge >= 0.3 is 11.9 Å². The summed E-state index contributed by atoms with van der Waals surface area (Å²) in [6, 6.07) is 9.23. The maximum atomic E-state index is 12.4. The fourth-order valence-corrected chi connectivity index (χ4v) is 2.66. The molecule has 0 amide bonds. The van der Waals surface area contributed by atoms with E-state index >= 15 is 0 Å². The van der Waals surface area contributed by atoms with Gasteiger partial charge in [-0.3, -0.25) is 0 Å². The fraction of sp³-hybridized carbons (Fsp3) is 0.500. The Bertz CT molecular complexity index is 553. The van der Waals surface area contributed by atoms with Crippen molar-refractivity contribution in [1.29, 1.82) is 0 Å². The number of ether oxygens (including phenoxy) is 4. The second kappa shape index (κ2) is 6.06. The summed E-state index contributed by atoms with van der Waals surface area (Å²) >= 11 is 0. The molecule has 1 aromatic carbocycles. The molecule has 0 aromatic heterocycles. The minimum absolute atomic E-state index is 0.143. The number of benzene rings is 1. The molecule has 0 radical (unpaired) electrons. The van der Waals surface area contributed by atoms with Gasteiger partial charge < -0.3 is 18.9 Å². The summed E-state index contributed by atoms with van der Waals surface area (Å²) in [6.45, 7) is 3.28. The van der Waals surface area contributed by atoms with Gasteiger partial charge in [-0.1, -0.05) is 30.3 Å². The van der Waals surface area contributed by atoms with Gasteiger partial charge in [0.2, 0.25) is 5.60 Å². The predicted molar refractivity (Wildman–Crippen MR) is 76.9 cm³/mol. The first-order chi connectivity index (χ1) is 10.3. The highest BCUT2D eigenvalue weighted by atomic mass is 16.8. The van der Waals surface area contributed by atoms with Crippen molar-refractivity contribution < 1.29 is 28.5 Å². The lowest BCUT2D eigenvalue weighted by Gasteiger charge is -2.29. The molecule has 0 aliphatic carbocycles. The first kappa shape index (κ1) is 16.5. The van der Waals surface area contributed by atoms with Gasteiger partial charge in [-0.15, -0.1) is 0 Å². The van der Waals surface area contributed by atoms with Crippen LogP contribution in [0.15, 0.2) is 30.3 Å². The molecule has 1 aliphatic rings. The number of methoxy groups -OCH3 is 2. The second-order valence-corrected chi connectivity index (χ2v) is 5.57. The number of hydrogen-bond donors (Lipinski definition) is 0. The molecule has 1 fully saturated rings. The molecule has 2 unspecified atom stereocenters. The van der Waals surface area contributed by atoms with Crippen LogP contribution >= 0.6 is 0 Å². The smallest absolute Gasteiger partial charge is 0.342 e. The van der Waals surface area contributed by atoms with Gasteiger partial charge in [0.15, 0.2) is 11.9 Å². The van der Waals surface area contributed by atoms with E-state index in [0.717, 1.165) is 5.56 Å². The Kier molecular flexibility index (Phi) is 4.53. The van der Waals surface area contributed by atoms with Crippen molar-refractivity contribution in [2.24, 2.45) is 0 Å². The van der Waals surface area contributed by atoms with E-state index in [2.05, 4.69) is 0 Å². The third-order valence-electron chi connectivity index (χ3n) is 3.51. The van der Waals surface area contributed by atoms with Crippen LogP contribution < -0.4 is 0 Å². The standard InChI is InChI=1S/C16H20O6/c1-15(2)21-12(13(17)19-3)16(22-15,14(18)20-4)10-11-8-6-5-7-9-11/h5-9,12H,10H2,1-4H3. The average Bonchev–Trinajstić information content (AvgIpc) is 2.78. The van der Waals surface area contributed by atoms with Crippen LogP contribution in [0.5, 0.6) is 0 Å². The van der Waals surface area contributed by atoms with E-state index in [1.165, 1.54) is 14.2 Å². The lowest BCUT2D eigenvalue weighted by atomic mass is 9.89. The molecule has 1 aromatic rings. The van der Waals surface area contributed by atoms with Crippen LogP contribution in [0.2, 0.25) is 0 Å². The first-order valence-electron chi connectivity index (χ1n) is 6.93. The minimum atomic E-state index is -1.58.